The van der Waals surface area contributed by atoms with E-state index in [-0.39, 0.29) is 40.5 Å². The van der Waals surface area contributed by atoms with Gasteiger partial charge in [-0.2, -0.15) is 18.7 Å². The molecule has 0 saturated heterocycles. The largest absolute Gasteiger partial charge is 0.472 e. The molecule has 0 bridgehead atoms. The molecule has 0 saturated carbocycles. The van der Waals surface area contributed by atoms with E-state index in [9.17, 15) is 22.3 Å². The lowest BCUT2D eigenvalue weighted by atomic mass is 10.2. The van der Waals surface area contributed by atoms with Crippen molar-refractivity contribution in [2.75, 3.05) is 11.3 Å². The Hall–Kier alpha value is -3.21. The number of hydrogen-bond donors (Lipinski definition) is 2. The average Bonchev–Trinajstić information content (AvgIpc) is 3.25. The standard InChI is InChI=1S/C19H16F2N4O5S2/c1-11(9-26)29-16-7-15(25-32(27,28)17-6-5-13(8-22)30-17)23-19(24-16)31-10-12-3-2-4-14(20)18(12)21/h2-7,11,26H,9-10H2,1H3,(H,23,24,25)/t11-/m1/s1. The summed E-state index contributed by atoms with van der Waals surface area (Å²) in [7, 11) is -4.23. The third-order valence-corrected chi connectivity index (χ3v) is 5.97. The van der Waals surface area contributed by atoms with Crippen LogP contribution in [0.5, 0.6) is 5.88 Å². The highest BCUT2D eigenvalue weighted by atomic mass is 32.2. The van der Waals surface area contributed by atoms with E-state index < -0.39 is 32.9 Å². The fourth-order valence-corrected chi connectivity index (χ4v) is 4.09. The smallest absolute Gasteiger partial charge is 0.296 e. The number of furan rings is 1. The van der Waals surface area contributed by atoms with Crippen LogP contribution in [0.1, 0.15) is 18.2 Å². The molecule has 168 valence electrons. The average molecular weight is 482 g/mol. The first-order valence-electron chi connectivity index (χ1n) is 8.97. The Morgan fingerprint density at radius 1 is 1.31 bits per heavy atom. The van der Waals surface area contributed by atoms with Crippen LogP contribution in [-0.2, 0) is 15.8 Å². The number of benzene rings is 1. The molecule has 0 radical (unpaired) electrons. The van der Waals surface area contributed by atoms with Gasteiger partial charge in [0.15, 0.2) is 16.8 Å². The number of hydrogen-bond acceptors (Lipinski definition) is 9. The second-order valence-electron chi connectivity index (χ2n) is 6.32. The van der Waals surface area contributed by atoms with Gasteiger partial charge in [-0.05, 0) is 25.1 Å². The summed E-state index contributed by atoms with van der Waals surface area (Å²) in [5, 5.41) is 17.5. The van der Waals surface area contributed by atoms with E-state index in [1.54, 1.807) is 13.0 Å². The molecule has 0 aliphatic rings. The van der Waals surface area contributed by atoms with E-state index in [0.29, 0.717) is 0 Å². The predicted octanol–water partition coefficient (Wildman–Crippen LogP) is 3.07. The number of halogens is 2. The summed E-state index contributed by atoms with van der Waals surface area (Å²) in [6.45, 7) is 1.23. The van der Waals surface area contributed by atoms with Gasteiger partial charge in [-0.25, -0.2) is 13.8 Å². The molecule has 32 heavy (non-hydrogen) atoms. The van der Waals surface area contributed by atoms with Crippen LogP contribution in [0.15, 0.2) is 51.1 Å². The molecule has 2 N–H and O–H groups in total. The molecule has 0 aliphatic carbocycles. The molecule has 3 rings (SSSR count). The van der Waals surface area contributed by atoms with Gasteiger partial charge in [0.05, 0.1) is 6.61 Å². The third kappa shape index (κ3) is 5.72. The SMILES string of the molecule is C[C@H](CO)Oc1cc(NS(=O)(=O)c2ccc(C#N)o2)nc(SCc2cccc(F)c2F)n1. The summed E-state index contributed by atoms with van der Waals surface area (Å²) in [6, 6.07) is 8.91. The van der Waals surface area contributed by atoms with Crippen LogP contribution in [0, 0.1) is 23.0 Å². The molecule has 1 aromatic carbocycles. The number of aromatic nitrogens is 2. The normalized spacial score (nSPS) is 12.2. The van der Waals surface area contributed by atoms with Crippen LogP contribution < -0.4 is 9.46 Å². The van der Waals surface area contributed by atoms with Crippen molar-refractivity contribution in [1.29, 1.82) is 5.26 Å². The number of aliphatic hydroxyl groups excluding tert-OH is 1. The van der Waals surface area contributed by atoms with E-state index in [4.69, 9.17) is 14.4 Å². The fourth-order valence-electron chi connectivity index (χ4n) is 2.34. The number of anilines is 1. The van der Waals surface area contributed by atoms with Crippen LogP contribution >= 0.6 is 11.8 Å². The lowest BCUT2D eigenvalue weighted by molar-refractivity contribution is 0.124. The Kier molecular flexibility index (Phi) is 7.29. The maximum atomic E-state index is 13.9. The van der Waals surface area contributed by atoms with Crippen LogP contribution in [0.2, 0.25) is 0 Å². The number of sulfonamides is 1. The van der Waals surface area contributed by atoms with E-state index >= 15 is 0 Å². The minimum atomic E-state index is -4.23. The zero-order valence-electron chi connectivity index (χ0n) is 16.4. The number of ether oxygens (including phenoxy) is 1. The number of nitriles is 1. The van der Waals surface area contributed by atoms with Crippen molar-refractivity contribution in [3.63, 3.8) is 0 Å². The van der Waals surface area contributed by atoms with Crippen LogP contribution in [0.4, 0.5) is 14.6 Å². The second kappa shape index (κ2) is 9.94. The number of nitrogens with zero attached hydrogens (tertiary/aromatic N) is 3. The van der Waals surface area contributed by atoms with Gasteiger partial charge in [-0.15, -0.1) is 0 Å². The second-order valence-corrected chi connectivity index (χ2v) is 8.88. The number of aliphatic hydroxyl groups is 1. The molecule has 13 heteroatoms. The van der Waals surface area contributed by atoms with Gasteiger partial charge in [0.1, 0.15) is 18.0 Å². The maximum absolute atomic E-state index is 13.9. The number of nitrogens with one attached hydrogen (secondary N) is 1. The van der Waals surface area contributed by atoms with E-state index in [1.165, 1.54) is 24.3 Å². The van der Waals surface area contributed by atoms with Gasteiger partial charge in [0.2, 0.25) is 16.7 Å². The first kappa shape index (κ1) is 23.5. The van der Waals surface area contributed by atoms with Crippen molar-refractivity contribution in [1.82, 2.24) is 9.97 Å². The molecular formula is C19H16F2N4O5S2. The third-order valence-electron chi connectivity index (χ3n) is 3.84. The summed E-state index contributed by atoms with van der Waals surface area (Å²) in [6.07, 6.45) is -0.656. The molecule has 0 aliphatic heterocycles. The molecule has 9 nitrogen and oxygen atoms in total. The summed E-state index contributed by atoms with van der Waals surface area (Å²) >= 11 is 0.916. The zero-order chi connectivity index (χ0) is 23.3. The van der Waals surface area contributed by atoms with Gasteiger partial charge >= 0.3 is 0 Å². The molecule has 1 atom stereocenters. The van der Waals surface area contributed by atoms with Gasteiger partial charge in [0.25, 0.3) is 10.0 Å². The van der Waals surface area contributed by atoms with Crippen molar-refractivity contribution in [2.24, 2.45) is 0 Å². The highest BCUT2D eigenvalue weighted by molar-refractivity contribution is 7.98. The molecule has 2 aromatic heterocycles. The lowest BCUT2D eigenvalue weighted by Gasteiger charge is -2.13. The van der Waals surface area contributed by atoms with Crippen molar-refractivity contribution in [3.05, 3.63) is 59.4 Å². The molecule has 0 unspecified atom stereocenters. The van der Waals surface area contributed by atoms with Gasteiger partial charge in [-0.3, -0.25) is 4.72 Å². The maximum Gasteiger partial charge on any atom is 0.296 e. The molecule has 0 spiro atoms. The van der Waals surface area contributed by atoms with Gasteiger partial charge < -0.3 is 14.3 Å². The van der Waals surface area contributed by atoms with Crippen LogP contribution in [0.25, 0.3) is 0 Å². The Morgan fingerprint density at radius 3 is 2.78 bits per heavy atom. The van der Waals surface area contributed by atoms with E-state index in [2.05, 4.69) is 14.7 Å². The highest BCUT2D eigenvalue weighted by Crippen LogP contribution is 2.27. The van der Waals surface area contributed by atoms with Gasteiger partial charge in [0, 0.05) is 17.4 Å². The monoisotopic (exact) mass is 482 g/mol. The summed E-state index contributed by atoms with van der Waals surface area (Å²) in [5.74, 6) is -2.49. The topological polar surface area (TPSA) is 138 Å². The highest BCUT2D eigenvalue weighted by Gasteiger charge is 2.21. The molecular weight excluding hydrogens is 466 g/mol. The Bertz CT molecular complexity index is 1260. The van der Waals surface area contributed by atoms with E-state index in [1.807, 2.05) is 0 Å². The number of rotatable bonds is 9. The van der Waals surface area contributed by atoms with Crippen molar-refractivity contribution >= 4 is 27.6 Å². The van der Waals surface area contributed by atoms with Crippen molar-refractivity contribution in [2.45, 2.75) is 29.0 Å². The predicted molar refractivity (Wildman–Crippen MR) is 109 cm³/mol. The van der Waals surface area contributed by atoms with Gasteiger partial charge in [-0.1, -0.05) is 23.9 Å². The van der Waals surface area contributed by atoms with Crippen molar-refractivity contribution < 1.29 is 31.5 Å². The van der Waals surface area contributed by atoms with E-state index in [0.717, 1.165) is 23.9 Å². The summed E-state index contributed by atoms with van der Waals surface area (Å²) in [5.41, 5.74) is 0.0652. The molecule has 3 aromatic rings. The molecule has 0 amide bonds. The lowest BCUT2D eigenvalue weighted by Crippen LogP contribution is -2.18. The first-order valence-corrected chi connectivity index (χ1v) is 11.4. The molecule has 0 fully saturated rings. The summed E-state index contributed by atoms with van der Waals surface area (Å²) in [4.78, 5) is 8.18. The summed E-state index contributed by atoms with van der Waals surface area (Å²) < 4.78 is 65.0. The zero-order valence-corrected chi connectivity index (χ0v) is 18.1. The van der Waals surface area contributed by atoms with Crippen LogP contribution in [-0.4, -0.2) is 36.2 Å². The number of thioether (sulfide) groups is 1. The van der Waals surface area contributed by atoms with Crippen molar-refractivity contribution in [3.8, 4) is 11.9 Å². The quantitative estimate of drug-likeness (QED) is 0.348. The fraction of sp³-hybridized carbons (Fsp3) is 0.211. The minimum absolute atomic E-state index is 0.00570. The molecule has 2 heterocycles. The van der Waals surface area contributed by atoms with Crippen LogP contribution in [0.3, 0.4) is 0 Å². The first-order chi connectivity index (χ1) is 15.2. The Labute approximate surface area is 186 Å². The minimum Gasteiger partial charge on any atom is -0.472 e. The Balaban J connectivity index is 1.88. The Morgan fingerprint density at radius 2 is 2.09 bits per heavy atom.